The highest BCUT2D eigenvalue weighted by Gasteiger charge is 2.03. The molecule has 19 heavy (non-hydrogen) atoms. The first-order chi connectivity index (χ1) is 8.65. The summed E-state index contributed by atoms with van der Waals surface area (Å²) in [5.41, 5.74) is 0.330. The summed E-state index contributed by atoms with van der Waals surface area (Å²) in [6, 6.07) is 11.0. The van der Waals surface area contributed by atoms with E-state index in [1.165, 1.54) is 6.07 Å². The molecule has 0 saturated carbocycles. The topological polar surface area (TPSA) is 83.4 Å². The van der Waals surface area contributed by atoms with Gasteiger partial charge in [-0.3, -0.25) is 4.79 Å². The van der Waals surface area contributed by atoms with Gasteiger partial charge in [-0.15, -0.1) is 12.4 Å². The van der Waals surface area contributed by atoms with Crippen LogP contribution in [0.1, 0.15) is 0 Å². The predicted molar refractivity (Wildman–Crippen MR) is 74.2 cm³/mol. The fourth-order valence-corrected chi connectivity index (χ4v) is 1.36. The Bertz CT molecular complexity index is 613. The van der Waals surface area contributed by atoms with E-state index in [1.807, 2.05) is 6.07 Å². The van der Waals surface area contributed by atoms with Crippen LogP contribution in [0.2, 0.25) is 0 Å². The average molecular weight is 282 g/mol. The molecule has 0 aliphatic rings. The van der Waals surface area contributed by atoms with Crippen LogP contribution in [0.25, 0.3) is 0 Å². The number of aromatic nitrogens is 1. The molecule has 2 aromatic rings. The third-order valence-corrected chi connectivity index (χ3v) is 2.19. The van der Waals surface area contributed by atoms with Crippen molar-refractivity contribution in [3.05, 3.63) is 59.0 Å². The molecule has 0 atom stereocenters. The number of halogens is 1. The van der Waals surface area contributed by atoms with Crippen LogP contribution in [0, 0.1) is 0 Å². The molecule has 1 aromatic heterocycles. The number of nitrogens with one attached hydrogen (secondary N) is 2. The van der Waals surface area contributed by atoms with E-state index in [1.54, 1.807) is 24.3 Å². The van der Waals surface area contributed by atoms with Crippen LogP contribution in [0.3, 0.4) is 0 Å². The number of hydrogen-bond acceptors (Lipinski definition) is 3. The molecule has 2 rings (SSSR count). The lowest BCUT2D eigenvalue weighted by Gasteiger charge is -2.07. The van der Waals surface area contributed by atoms with Crippen molar-refractivity contribution in [1.82, 2.24) is 4.73 Å². The van der Waals surface area contributed by atoms with Gasteiger partial charge in [-0.05, 0) is 18.2 Å². The molecule has 0 radical (unpaired) electrons. The van der Waals surface area contributed by atoms with Gasteiger partial charge in [0.25, 0.3) is 5.56 Å². The molecule has 1 heterocycles. The monoisotopic (exact) mass is 281 g/mol. The molecule has 0 aliphatic carbocycles. The molecule has 0 fully saturated rings. The normalized spacial score (nSPS) is 9.26. The first-order valence-electron chi connectivity index (χ1n) is 5.20. The molecule has 2 amide bonds. The summed E-state index contributed by atoms with van der Waals surface area (Å²) in [5, 5.41) is 14.1. The highest BCUT2D eigenvalue weighted by molar-refractivity contribution is 5.99. The van der Waals surface area contributed by atoms with Gasteiger partial charge in [0.2, 0.25) is 0 Å². The smallest absolute Gasteiger partial charge is 0.323 e. The lowest BCUT2D eigenvalue weighted by atomic mass is 10.3. The quantitative estimate of drug-likeness (QED) is 0.738. The van der Waals surface area contributed by atoms with Crippen molar-refractivity contribution in [1.29, 1.82) is 0 Å². The lowest BCUT2D eigenvalue weighted by molar-refractivity contribution is 0.175. The number of nitrogens with zero attached hydrogens (tertiary/aromatic N) is 1. The molecule has 6 nitrogen and oxygen atoms in total. The molecule has 0 unspecified atom stereocenters. The highest BCUT2D eigenvalue weighted by atomic mass is 35.5. The van der Waals surface area contributed by atoms with Gasteiger partial charge in [-0.2, -0.15) is 4.73 Å². The van der Waals surface area contributed by atoms with E-state index >= 15 is 0 Å². The largest absolute Gasteiger partial charge is 0.425 e. The third kappa shape index (κ3) is 4.04. The van der Waals surface area contributed by atoms with Crippen LogP contribution in [-0.4, -0.2) is 16.0 Å². The van der Waals surface area contributed by atoms with E-state index in [9.17, 15) is 9.59 Å². The number of urea groups is 1. The fraction of sp³-hybridized carbons (Fsp3) is 0. The van der Waals surface area contributed by atoms with Crippen LogP contribution in [-0.2, 0) is 0 Å². The molecule has 100 valence electrons. The van der Waals surface area contributed by atoms with E-state index in [4.69, 9.17) is 5.21 Å². The van der Waals surface area contributed by atoms with Crippen molar-refractivity contribution in [2.45, 2.75) is 0 Å². The van der Waals surface area contributed by atoms with Crippen LogP contribution in [0.4, 0.5) is 16.2 Å². The van der Waals surface area contributed by atoms with Crippen molar-refractivity contribution in [2.75, 3.05) is 10.6 Å². The third-order valence-electron chi connectivity index (χ3n) is 2.19. The van der Waals surface area contributed by atoms with Crippen LogP contribution in [0.5, 0.6) is 0 Å². The van der Waals surface area contributed by atoms with E-state index in [-0.39, 0.29) is 12.4 Å². The van der Waals surface area contributed by atoms with Crippen molar-refractivity contribution >= 4 is 29.8 Å². The Balaban J connectivity index is 0.00000180. The second-order valence-corrected chi connectivity index (χ2v) is 3.54. The Morgan fingerprint density at radius 3 is 2.32 bits per heavy atom. The summed E-state index contributed by atoms with van der Waals surface area (Å²) in [6.07, 6.45) is 1.15. The molecule has 0 spiro atoms. The number of rotatable bonds is 2. The molecular weight excluding hydrogens is 270 g/mol. The Morgan fingerprint density at radius 2 is 1.68 bits per heavy atom. The zero-order valence-electron chi connectivity index (χ0n) is 9.74. The molecule has 0 bridgehead atoms. The molecule has 3 N–H and O–H groups in total. The first-order valence-corrected chi connectivity index (χ1v) is 5.20. The number of anilines is 2. The second-order valence-electron chi connectivity index (χ2n) is 3.54. The standard InChI is InChI=1S/C12H11N3O3.ClH/c16-11-8-10(6-7-15(11)18)14-12(17)13-9-4-2-1-3-5-9;/h1-8,18H,(H2,13,14,17);1H. The molecule has 1 aromatic carbocycles. The number of pyridine rings is 1. The molecule has 0 aliphatic heterocycles. The van der Waals surface area contributed by atoms with Gasteiger partial charge >= 0.3 is 6.03 Å². The predicted octanol–water partition coefficient (Wildman–Crippen LogP) is 2.15. The molecule has 7 heteroatoms. The minimum absolute atomic E-state index is 0. The maximum atomic E-state index is 11.6. The average Bonchev–Trinajstić information content (AvgIpc) is 2.35. The highest BCUT2D eigenvalue weighted by Crippen LogP contribution is 2.07. The lowest BCUT2D eigenvalue weighted by Crippen LogP contribution is -2.22. The molecule has 0 saturated heterocycles. The van der Waals surface area contributed by atoms with Gasteiger partial charge in [-0.25, -0.2) is 4.79 Å². The maximum Gasteiger partial charge on any atom is 0.323 e. The molecular formula is C12H12ClN3O3. The van der Waals surface area contributed by atoms with Crippen LogP contribution in [0.15, 0.2) is 53.5 Å². The summed E-state index contributed by atoms with van der Waals surface area (Å²) in [4.78, 5) is 22.7. The summed E-state index contributed by atoms with van der Waals surface area (Å²) >= 11 is 0. The Hall–Kier alpha value is -2.47. The maximum absolute atomic E-state index is 11.6. The van der Waals surface area contributed by atoms with E-state index in [0.717, 1.165) is 12.3 Å². The summed E-state index contributed by atoms with van der Waals surface area (Å²) in [7, 11) is 0. The Labute approximate surface area is 115 Å². The minimum Gasteiger partial charge on any atom is -0.425 e. The van der Waals surface area contributed by atoms with Crippen LogP contribution < -0.4 is 16.2 Å². The number of carbonyl (C=O) groups excluding carboxylic acids is 1. The summed E-state index contributed by atoms with van der Waals surface area (Å²) in [5.74, 6) is 0. The van der Waals surface area contributed by atoms with Crippen molar-refractivity contribution < 1.29 is 10.0 Å². The van der Waals surface area contributed by atoms with Gasteiger partial charge in [0.1, 0.15) is 0 Å². The second kappa shape index (κ2) is 6.46. The Kier molecular flexibility index (Phi) is 4.96. The van der Waals surface area contributed by atoms with Crippen molar-refractivity contribution in [2.24, 2.45) is 0 Å². The van der Waals surface area contributed by atoms with Gasteiger partial charge in [0.05, 0.1) is 0 Å². The summed E-state index contributed by atoms with van der Waals surface area (Å²) < 4.78 is 0.431. The first kappa shape index (κ1) is 14.6. The van der Waals surface area contributed by atoms with E-state index in [2.05, 4.69) is 10.6 Å². The van der Waals surface area contributed by atoms with Crippen molar-refractivity contribution in [3.8, 4) is 0 Å². The fourth-order valence-electron chi connectivity index (χ4n) is 1.36. The number of amides is 2. The van der Waals surface area contributed by atoms with E-state index in [0.29, 0.717) is 16.1 Å². The van der Waals surface area contributed by atoms with Crippen LogP contribution >= 0.6 is 12.4 Å². The number of benzene rings is 1. The van der Waals surface area contributed by atoms with Gasteiger partial charge in [0, 0.05) is 23.6 Å². The Morgan fingerprint density at radius 1 is 1.05 bits per heavy atom. The summed E-state index contributed by atoms with van der Waals surface area (Å²) in [6.45, 7) is 0. The zero-order valence-corrected chi connectivity index (χ0v) is 10.6. The zero-order chi connectivity index (χ0) is 13.0. The van der Waals surface area contributed by atoms with Gasteiger partial charge in [0.15, 0.2) is 0 Å². The van der Waals surface area contributed by atoms with Crippen molar-refractivity contribution in [3.63, 3.8) is 0 Å². The number of hydrogen-bond donors (Lipinski definition) is 3. The number of para-hydroxylation sites is 1. The minimum atomic E-state index is -0.618. The van der Waals surface area contributed by atoms with Gasteiger partial charge < -0.3 is 15.8 Å². The van der Waals surface area contributed by atoms with E-state index < -0.39 is 11.6 Å². The number of carbonyl (C=O) groups is 1. The van der Waals surface area contributed by atoms with Gasteiger partial charge in [-0.1, -0.05) is 18.2 Å². The SMILES string of the molecule is Cl.O=C(Nc1ccccc1)Nc1ccn(O)c(=O)c1.